The highest BCUT2D eigenvalue weighted by Gasteiger charge is 1.92. The molecule has 0 saturated heterocycles. The molecule has 0 unspecified atom stereocenters. The van der Waals surface area contributed by atoms with Crippen molar-refractivity contribution in [1.29, 1.82) is 0 Å². The number of ether oxygens (including phenoxy) is 1. The Kier molecular flexibility index (Phi) is 5.28. The van der Waals surface area contributed by atoms with Gasteiger partial charge in [0.05, 0.1) is 12.8 Å². The van der Waals surface area contributed by atoms with E-state index in [1.807, 2.05) is 31.2 Å². The Labute approximate surface area is 101 Å². The lowest BCUT2D eigenvalue weighted by molar-refractivity contribution is 0.340. The molecule has 4 nitrogen and oxygen atoms in total. The molecule has 16 heavy (non-hydrogen) atoms. The first-order valence-corrected chi connectivity index (χ1v) is 5.40. The van der Waals surface area contributed by atoms with Crippen molar-refractivity contribution in [3.05, 3.63) is 29.8 Å². The minimum atomic E-state index is 0.488. The highest BCUT2D eigenvalue weighted by atomic mass is 32.1. The summed E-state index contributed by atoms with van der Waals surface area (Å²) in [6.45, 7) is 2.63. The van der Waals surface area contributed by atoms with Gasteiger partial charge in [-0.1, -0.05) is 0 Å². The molecule has 86 valence electrons. The molecule has 2 N–H and O–H groups in total. The third-order valence-electron chi connectivity index (χ3n) is 1.80. The van der Waals surface area contributed by atoms with Gasteiger partial charge >= 0.3 is 0 Å². The molecule has 0 heterocycles. The van der Waals surface area contributed by atoms with Gasteiger partial charge in [-0.3, -0.25) is 5.43 Å². The van der Waals surface area contributed by atoms with Crippen LogP contribution in [0.3, 0.4) is 0 Å². The molecule has 5 heteroatoms. The van der Waals surface area contributed by atoms with Crippen molar-refractivity contribution in [2.24, 2.45) is 5.10 Å². The molecule has 0 aliphatic carbocycles. The molecule has 0 atom stereocenters. The van der Waals surface area contributed by atoms with E-state index in [1.165, 1.54) is 0 Å². The van der Waals surface area contributed by atoms with E-state index in [9.17, 15) is 0 Å². The molecule has 1 aromatic rings. The summed E-state index contributed by atoms with van der Waals surface area (Å²) >= 11 is 4.87. The molecule has 0 radical (unpaired) electrons. The molecule has 0 fully saturated rings. The SMILES string of the molecule is CCOc1ccc(C=NNC(=S)NC)cc1. The van der Waals surface area contributed by atoms with E-state index >= 15 is 0 Å². The molecule has 1 aromatic carbocycles. The third-order valence-corrected chi connectivity index (χ3v) is 2.09. The molecule has 1 rings (SSSR count). The highest BCUT2D eigenvalue weighted by Crippen LogP contribution is 2.10. The Morgan fingerprint density at radius 1 is 1.44 bits per heavy atom. The van der Waals surface area contributed by atoms with Crippen molar-refractivity contribution in [3.63, 3.8) is 0 Å². The van der Waals surface area contributed by atoms with Gasteiger partial charge in [0.2, 0.25) is 0 Å². The van der Waals surface area contributed by atoms with E-state index in [0.717, 1.165) is 11.3 Å². The zero-order chi connectivity index (χ0) is 11.8. The van der Waals surface area contributed by atoms with Gasteiger partial charge in [0.15, 0.2) is 5.11 Å². The summed E-state index contributed by atoms with van der Waals surface area (Å²) < 4.78 is 5.33. The Morgan fingerprint density at radius 2 is 2.12 bits per heavy atom. The van der Waals surface area contributed by atoms with E-state index in [-0.39, 0.29) is 0 Å². The number of benzene rings is 1. The van der Waals surface area contributed by atoms with Crippen LogP contribution in [0.1, 0.15) is 12.5 Å². The van der Waals surface area contributed by atoms with Gasteiger partial charge in [-0.2, -0.15) is 5.10 Å². The summed E-state index contributed by atoms with van der Waals surface area (Å²) in [6.07, 6.45) is 1.69. The van der Waals surface area contributed by atoms with Crippen LogP contribution in [0.2, 0.25) is 0 Å². The van der Waals surface area contributed by atoms with Gasteiger partial charge in [0.25, 0.3) is 0 Å². The van der Waals surface area contributed by atoms with E-state index in [0.29, 0.717) is 11.7 Å². The van der Waals surface area contributed by atoms with Crippen LogP contribution < -0.4 is 15.5 Å². The first-order chi connectivity index (χ1) is 7.76. The third kappa shape index (κ3) is 4.27. The maximum Gasteiger partial charge on any atom is 0.186 e. The second-order valence-electron chi connectivity index (χ2n) is 2.95. The van der Waals surface area contributed by atoms with Crippen molar-refractivity contribution >= 4 is 23.5 Å². The molecule has 0 aliphatic heterocycles. The lowest BCUT2D eigenvalue weighted by Crippen LogP contribution is -2.28. The van der Waals surface area contributed by atoms with Gasteiger partial charge in [0, 0.05) is 7.05 Å². The summed E-state index contributed by atoms with van der Waals surface area (Å²) in [5.74, 6) is 0.860. The first kappa shape index (κ1) is 12.4. The van der Waals surface area contributed by atoms with Crippen LogP contribution in [0.5, 0.6) is 5.75 Å². The van der Waals surface area contributed by atoms with Crippen LogP contribution >= 0.6 is 12.2 Å². The summed E-state index contributed by atoms with van der Waals surface area (Å²) in [7, 11) is 1.74. The number of rotatable bonds is 4. The molecule has 0 spiro atoms. The number of hydrogen-bond donors (Lipinski definition) is 2. The van der Waals surface area contributed by atoms with Crippen LogP contribution in [-0.4, -0.2) is 25.0 Å². The second kappa shape index (κ2) is 6.79. The monoisotopic (exact) mass is 237 g/mol. The maximum absolute atomic E-state index is 5.33. The van der Waals surface area contributed by atoms with Gasteiger partial charge in [-0.05, 0) is 49.0 Å². The largest absolute Gasteiger partial charge is 0.494 e. The topological polar surface area (TPSA) is 45.6 Å². The van der Waals surface area contributed by atoms with E-state index in [1.54, 1.807) is 13.3 Å². The van der Waals surface area contributed by atoms with Crippen molar-refractivity contribution in [2.75, 3.05) is 13.7 Å². The molecule has 0 aliphatic rings. The van der Waals surface area contributed by atoms with Crippen molar-refractivity contribution < 1.29 is 4.74 Å². The van der Waals surface area contributed by atoms with Crippen molar-refractivity contribution in [3.8, 4) is 5.75 Å². The molecular weight excluding hydrogens is 222 g/mol. The Morgan fingerprint density at radius 3 is 2.69 bits per heavy atom. The number of hydrogen-bond acceptors (Lipinski definition) is 3. The summed E-state index contributed by atoms with van der Waals surface area (Å²) in [4.78, 5) is 0. The van der Waals surface area contributed by atoms with Crippen LogP contribution in [0.25, 0.3) is 0 Å². The van der Waals surface area contributed by atoms with Gasteiger partial charge in [-0.25, -0.2) is 0 Å². The van der Waals surface area contributed by atoms with Gasteiger partial charge in [0.1, 0.15) is 5.75 Å². The predicted octanol–water partition coefficient (Wildman–Crippen LogP) is 1.51. The average molecular weight is 237 g/mol. The van der Waals surface area contributed by atoms with E-state index in [4.69, 9.17) is 17.0 Å². The van der Waals surface area contributed by atoms with Gasteiger partial charge < -0.3 is 10.1 Å². The van der Waals surface area contributed by atoms with Crippen LogP contribution in [-0.2, 0) is 0 Å². The summed E-state index contributed by atoms with van der Waals surface area (Å²) in [5.41, 5.74) is 3.66. The molecule has 0 bridgehead atoms. The number of nitrogens with zero attached hydrogens (tertiary/aromatic N) is 1. The fourth-order valence-electron chi connectivity index (χ4n) is 1.04. The zero-order valence-corrected chi connectivity index (χ0v) is 10.2. The fraction of sp³-hybridized carbons (Fsp3) is 0.273. The summed E-state index contributed by atoms with van der Waals surface area (Å²) in [5, 5.41) is 7.22. The van der Waals surface area contributed by atoms with E-state index < -0.39 is 0 Å². The standard InChI is InChI=1S/C11H15N3OS/c1-3-15-10-6-4-9(5-7-10)8-13-14-11(16)12-2/h4-8H,3H2,1-2H3,(H2,12,14,16). The highest BCUT2D eigenvalue weighted by molar-refractivity contribution is 7.80. The normalized spacial score (nSPS) is 10.1. The Balaban J connectivity index is 2.51. The van der Waals surface area contributed by atoms with Crippen LogP contribution in [0, 0.1) is 0 Å². The minimum absolute atomic E-state index is 0.488. The number of nitrogens with one attached hydrogen (secondary N) is 2. The lowest BCUT2D eigenvalue weighted by Gasteiger charge is -2.02. The Hall–Kier alpha value is -1.62. The number of hydrazone groups is 1. The fourth-order valence-corrected chi connectivity index (χ4v) is 1.09. The quantitative estimate of drug-likeness (QED) is 0.473. The first-order valence-electron chi connectivity index (χ1n) is 5.00. The average Bonchev–Trinajstić information content (AvgIpc) is 2.31. The summed E-state index contributed by atoms with van der Waals surface area (Å²) in [6, 6.07) is 7.67. The van der Waals surface area contributed by atoms with Crippen molar-refractivity contribution in [2.45, 2.75) is 6.92 Å². The molecule has 0 saturated carbocycles. The van der Waals surface area contributed by atoms with Crippen molar-refractivity contribution in [1.82, 2.24) is 10.7 Å². The smallest absolute Gasteiger partial charge is 0.186 e. The Bertz CT molecular complexity index is 362. The van der Waals surface area contributed by atoms with Crippen LogP contribution in [0.4, 0.5) is 0 Å². The van der Waals surface area contributed by atoms with E-state index in [2.05, 4.69) is 15.8 Å². The minimum Gasteiger partial charge on any atom is -0.494 e. The maximum atomic E-state index is 5.33. The molecule has 0 aromatic heterocycles. The molecule has 0 amide bonds. The predicted molar refractivity (Wildman–Crippen MR) is 70.0 cm³/mol. The second-order valence-corrected chi connectivity index (χ2v) is 3.36. The number of thiocarbonyl (C=S) groups is 1. The lowest BCUT2D eigenvalue weighted by atomic mass is 10.2. The van der Waals surface area contributed by atoms with Gasteiger partial charge in [-0.15, -0.1) is 0 Å². The van der Waals surface area contributed by atoms with Crippen LogP contribution in [0.15, 0.2) is 29.4 Å². The zero-order valence-electron chi connectivity index (χ0n) is 9.36. The molecular formula is C11H15N3OS.